The molecule has 0 bridgehead atoms. The van der Waals surface area contributed by atoms with Crippen molar-refractivity contribution in [2.24, 2.45) is 29.1 Å². The maximum absolute atomic E-state index is 13.7. The van der Waals surface area contributed by atoms with Gasteiger partial charge in [-0.05, 0) is 73.1 Å². The number of cyclic esters (lactones) is 1. The lowest BCUT2D eigenvalue weighted by Gasteiger charge is -2.46. The van der Waals surface area contributed by atoms with Crippen LogP contribution in [0.3, 0.4) is 0 Å². The number of esters is 1. The molecule has 1 N–H and O–H groups in total. The zero-order chi connectivity index (χ0) is 26.2. The van der Waals surface area contributed by atoms with Gasteiger partial charge in [0.2, 0.25) is 5.91 Å². The van der Waals surface area contributed by atoms with Crippen molar-refractivity contribution in [2.75, 3.05) is 5.32 Å². The Kier molecular flexibility index (Phi) is 6.63. The van der Waals surface area contributed by atoms with Gasteiger partial charge in [-0.15, -0.1) is 0 Å². The van der Waals surface area contributed by atoms with Gasteiger partial charge in [0.15, 0.2) is 5.41 Å². The maximum Gasteiger partial charge on any atom is 0.322 e. The van der Waals surface area contributed by atoms with Crippen LogP contribution in [0, 0.1) is 34.9 Å². The minimum absolute atomic E-state index is 0.0745. The number of fused-ring (bicyclic) bond motifs is 1. The van der Waals surface area contributed by atoms with Gasteiger partial charge in [-0.2, -0.15) is 0 Å². The fraction of sp³-hybridized carbons (Fsp3) is 0.333. The molecule has 1 saturated carbocycles. The summed E-state index contributed by atoms with van der Waals surface area (Å²) in [6.07, 6.45) is 8.95. The SMILES string of the molecule is CC1C[C@@]2(C(=O)Nc3cccnc3)C(=O)O[C@H](C)C2C(/C=C/c2ccc(-c3cccc(F)c3)cn2)C1C. The molecular formula is C30H30FN3O3. The van der Waals surface area contributed by atoms with Crippen LogP contribution in [-0.2, 0) is 14.3 Å². The van der Waals surface area contributed by atoms with Crippen molar-refractivity contribution in [2.45, 2.75) is 33.3 Å². The van der Waals surface area contributed by atoms with Crippen molar-refractivity contribution >= 4 is 23.6 Å². The summed E-state index contributed by atoms with van der Waals surface area (Å²) in [5, 5.41) is 2.91. The molecule has 1 aliphatic heterocycles. The number of nitrogens with zero attached hydrogens (tertiary/aromatic N) is 2. The van der Waals surface area contributed by atoms with Crippen molar-refractivity contribution < 1.29 is 18.7 Å². The summed E-state index contributed by atoms with van der Waals surface area (Å²) in [5.41, 5.74) is 1.61. The summed E-state index contributed by atoms with van der Waals surface area (Å²) in [5.74, 6) is -1.13. The van der Waals surface area contributed by atoms with Crippen molar-refractivity contribution in [1.82, 2.24) is 9.97 Å². The predicted molar refractivity (Wildman–Crippen MR) is 139 cm³/mol. The van der Waals surface area contributed by atoms with E-state index in [2.05, 4.69) is 35.2 Å². The number of allylic oxidation sites excluding steroid dienone is 1. The van der Waals surface area contributed by atoms with Gasteiger partial charge in [-0.3, -0.25) is 19.6 Å². The Morgan fingerprint density at radius 3 is 2.65 bits per heavy atom. The molecule has 2 fully saturated rings. The number of amides is 1. The number of carbonyl (C=O) groups excluding carboxylic acids is 2. The molecule has 2 aliphatic rings. The number of hydrogen-bond donors (Lipinski definition) is 1. The van der Waals surface area contributed by atoms with Crippen LogP contribution >= 0.6 is 0 Å². The lowest BCUT2D eigenvalue weighted by atomic mass is 9.54. The van der Waals surface area contributed by atoms with E-state index in [4.69, 9.17) is 4.74 Å². The van der Waals surface area contributed by atoms with Crippen molar-refractivity contribution in [1.29, 1.82) is 0 Å². The molecule has 0 spiro atoms. The van der Waals surface area contributed by atoms with Crippen LogP contribution in [0.4, 0.5) is 10.1 Å². The number of carbonyl (C=O) groups is 2. The Morgan fingerprint density at radius 2 is 1.95 bits per heavy atom. The first kappa shape index (κ1) is 24.8. The van der Waals surface area contributed by atoms with E-state index in [-0.39, 0.29) is 35.4 Å². The summed E-state index contributed by atoms with van der Waals surface area (Å²) < 4.78 is 19.3. The zero-order valence-electron chi connectivity index (χ0n) is 21.1. The van der Waals surface area contributed by atoms with Crippen LogP contribution in [0.5, 0.6) is 0 Å². The van der Waals surface area contributed by atoms with Gasteiger partial charge in [-0.25, -0.2) is 4.39 Å². The minimum atomic E-state index is -1.27. The number of pyridine rings is 2. The summed E-state index contributed by atoms with van der Waals surface area (Å²) in [6, 6.07) is 13.7. The van der Waals surface area contributed by atoms with Crippen LogP contribution in [-0.4, -0.2) is 27.9 Å². The second-order valence-electron chi connectivity index (χ2n) is 10.3. The van der Waals surface area contributed by atoms with Crippen molar-refractivity contribution in [3.8, 4) is 11.1 Å². The molecule has 1 aliphatic carbocycles. The van der Waals surface area contributed by atoms with Gasteiger partial charge in [-0.1, -0.05) is 38.1 Å². The zero-order valence-corrected chi connectivity index (χ0v) is 21.1. The molecule has 7 heteroatoms. The first-order chi connectivity index (χ1) is 17.8. The molecule has 37 heavy (non-hydrogen) atoms. The van der Waals surface area contributed by atoms with E-state index in [0.29, 0.717) is 12.1 Å². The molecule has 1 amide bonds. The van der Waals surface area contributed by atoms with E-state index < -0.39 is 17.5 Å². The van der Waals surface area contributed by atoms with Gasteiger partial charge in [0.1, 0.15) is 11.9 Å². The number of aromatic nitrogens is 2. The molecular weight excluding hydrogens is 469 g/mol. The number of ether oxygens (including phenoxy) is 1. The molecule has 190 valence electrons. The monoisotopic (exact) mass is 499 g/mol. The molecule has 4 unspecified atom stereocenters. The van der Waals surface area contributed by atoms with Crippen LogP contribution in [0.25, 0.3) is 17.2 Å². The highest BCUT2D eigenvalue weighted by atomic mass is 19.1. The average Bonchev–Trinajstić information content (AvgIpc) is 3.15. The highest BCUT2D eigenvalue weighted by Crippen LogP contribution is 2.56. The standard InChI is InChI=1S/C30H30FN3O3/c1-18-15-30(28(35)34-25-8-5-13-32-17-25)27(20(3)37-29(30)36)26(19(18)2)12-11-24-10-9-22(16-33-24)21-6-4-7-23(31)14-21/h4-14,16-20,26-27H,15H2,1-3H3,(H,34,35)/b12-11+/t18?,19?,20-,26?,27?,30-/m1/s1. The number of benzene rings is 1. The molecule has 6 nitrogen and oxygen atoms in total. The number of hydrogen-bond acceptors (Lipinski definition) is 5. The molecule has 2 aromatic heterocycles. The Balaban J connectivity index is 1.44. The number of nitrogens with one attached hydrogen (secondary N) is 1. The minimum Gasteiger partial charge on any atom is -0.461 e. The third-order valence-corrected chi connectivity index (χ3v) is 8.05. The Morgan fingerprint density at radius 1 is 1.11 bits per heavy atom. The molecule has 0 radical (unpaired) electrons. The Labute approximate surface area is 216 Å². The summed E-state index contributed by atoms with van der Waals surface area (Å²) in [6.45, 7) is 6.12. The fourth-order valence-electron chi connectivity index (χ4n) is 6.01. The third-order valence-electron chi connectivity index (χ3n) is 8.05. The summed E-state index contributed by atoms with van der Waals surface area (Å²) >= 11 is 0. The van der Waals surface area contributed by atoms with Gasteiger partial charge in [0.05, 0.1) is 17.6 Å². The van der Waals surface area contributed by atoms with E-state index in [0.717, 1.165) is 16.8 Å². The molecule has 1 aromatic carbocycles. The first-order valence-electron chi connectivity index (χ1n) is 12.6. The summed E-state index contributed by atoms with van der Waals surface area (Å²) in [7, 11) is 0. The number of rotatable bonds is 5. The van der Waals surface area contributed by atoms with Gasteiger partial charge in [0.25, 0.3) is 0 Å². The molecule has 5 rings (SSSR count). The Hall–Kier alpha value is -3.87. The first-order valence-corrected chi connectivity index (χ1v) is 12.6. The van der Waals surface area contributed by atoms with Crippen LogP contribution < -0.4 is 5.32 Å². The molecule has 6 atom stereocenters. The fourth-order valence-corrected chi connectivity index (χ4v) is 6.01. The molecule has 3 heterocycles. The highest BCUT2D eigenvalue weighted by Gasteiger charge is 2.66. The van der Waals surface area contributed by atoms with Gasteiger partial charge in [0, 0.05) is 23.9 Å². The quantitative estimate of drug-likeness (QED) is 0.356. The van der Waals surface area contributed by atoms with Gasteiger partial charge >= 0.3 is 5.97 Å². The third kappa shape index (κ3) is 4.54. The second kappa shape index (κ2) is 9.88. The normalized spacial score (nSPS) is 29.1. The van der Waals surface area contributed by atoms with E-state index in [1.807, 2.05) is 31.2 Å². The van der Waals surface area contributed by atoms with Gasteiger partial charge < -0.3 is 10.1 Å². The van der Waals surface area contributed by atoms with Crippen LogP contribution in [0.15, 0.2) is 73.2 Å². The largest absolute Gasteiger partial charge is 0.461 e. The predicted octanol–water partition coefficient (Wildman–Crippen LogP) is 5.77. The number of halogens is 1. The van der Waals surface area contributed by atoms with E-state index in [1.54, 1.807) is 36.8 Å². The van der Waals surface area contributed by atoms with Crippen molar-refractivity contribution in [3.05, 3.63) is 84.7 Å². The van der Waals surface area contributed by atoms with E-state index >= 15 is 0 Å². The van der Waals surface area contributed by atoms with E-state index in [1.165, 1.54) is 12.1 Å². The second-order valence-corrected chi connectivity index (χ2v) is 10.3. The lowest BCUT2D eigenvalue weighted by Crippen LogP contribution is -2.54. The summed E-state index contributed by atoms with van der Waals surface area (Å²) in [4.78, 5) is 35.6. The molecule has 1 saturated heterocycles. The highest BCUT2D eigenvalue weighted by molar-refractivity contribution is 6.10. The number of anilines is 1. The van der Waals surface area contributed by atoms with Crippen LogP contribution in [0.2, 0.25) is 0 Å². The maximum atomic E-state index is 13.7. The van der Waals surface area contributed by atoms with E-state index in [9.17, 15) is 14.0 Å². The van der Waals surface area contributed by atoms with Crippen LogP contribution in [0.1, 0.15) is 32.9 Å². The molecule has 3 aromatic rings. The van der Waals surface area contributed by atoms with Crippen molar-refractivity contribution in [3.63, 3.8) is 0 Å². The lowest BCUT2D eigenvalue weighted by molar-refractivity contribution is -0.155. The average molecular weight is 500 g/mol. The topological polar surface area (TPSA) is 81.2 Å². The smallest absolute Gasteiger partial charge is 0.322 e. The Bertz CT molecular complexity index is 1330.